The molecular formula is C23H27ClN2O3. The van der Waals surface area contributed by atoms with Crippen LogP contribution in [0, 0.1) is 20.8 Å². The van der Waals surface area contributed by atoms with Crippen molar-refractivity contribution in [3.63, 3.8) is 0 Å². The second-order valence-corrected chi connectivity index (χ2v) is 7.55. The summed E-state index contributed by atoms with van der Waals surface area (Å²) >= 11 is 0. The number of hydrogen-bond donors (Lipinski definition) is 2. The van der Waals surface area contributed by atoms with Crippen molar-refractivity contribution in [2.45, 2.75) is 40.2 Å². The lowest BCUT2D eigenvalue weighted by molar-refractivity contribution is -0.121. The average molecular weight is 415 g/mol. The molecular weight excluding hydrogens is 388 g/mol. The summed E-state index contributed by atoms with van der Waals surface area (Å²) in [4.78, 5) is 16.2. The Labute approximate surface area is 177 Å². The number of halogens is 1. The summed E-state index contributed by atoms with van der Waals surface area (Å²) in [6.07, 6.45) is 0.352. The summed E-state index contributed by atoms with van der Waals surface area (Å²) in [5.41, 5.74) is 6.63. The molecule has 1 unspecified atom stereocenters. The number of fused-ring (bicyclic) bond motifs is 2. The van der Waals surface area contributed by atoms with Crippen molar-refractivity contribution >= 4 is 29.2 Å². The van der Waals surface area contributed by atoms with Gasteiger partial charge in [-0.25, -0.2) is 0 Å². The van der Waals surface area contributed by atoms with Gasteiger partial charge in [0.2, 0.25) is 5.91 Å². The Kier molecular flexibility index (Phi) is 6.08. The van der Waals surface area contributed by atoms with E-state index in [4.69, 9.17) is 9.47 Å². The zero-order chi connectivity index (χ0) is 19.8. The predicted octanol–water partition coefficient (Wildman–Crippen LogP) is 4.71. The van der Waals surface area contributed by atoms with Crippen molar-refractivity contribution in [1.82, 2.24) is 10.3 Å². The lowest BCUT2D eigenvalue weighted by atomic mass is 10.0. The second-order valence-electron chi connectivity index (χ2n) is 7.55. The minimum absolute atomic E-state index is 0. The molecule has 1 amide bonds. The molecule has 3 aromatic rings. The third-order valence-corrected chi connectivity index (χ3v) is 5.47. The minimum atomic E-state index is -0.114. The van der Waals surface area contributed by atoms with Gasteiger partial charge >= 0.3 is 0 Å². The summed E-state index contributed by atoms with van der Waals surface area (Å²) < 4.78 is 11.2. The van der Waals surface area contributed by atoms with Gasteiger partial charge in [0.15, 0.2) is 11.5 Å². The molecule has 154 valence electrons. The summed E-state index contributed by atoms with van der Waals surface area (Å²) in [7, 11) is 0. The first kappa shape index (κ1) is 21.1. The standard InChI is InChI=1S/C23H26N2O3.ClH/c1-13-5-6-14(2)23-22(13)18(16(4)25-23)12-21(26)24-15(3)17-7-8-19-20(11-17)28-10-9-27-19;/h5-8,11,15,25H,9-10,12H2,1-4H3,(H,24,26);1H. The van der Waals surface area contributed by atoms with Crippen molar-refractivity contribution in [3.8, 4) is 11.5 Å². The molecule has 0 fully saturated rings. The molecule has 2 aromatic carbocycles. The molecule has 2 heterocycles. The summed E-state index contributed by atoms with van der Waals surface area (Å²) in [6, 6.07) is 9.94. The van der Waals surface area contributed by atoms with Crippen LogP contribution in [0.3, 0.4) is 0 Å². The van der Waals surface area contributed by atoms with Gasteiger partial charge in [-0.05, 0) is 62.1 Å². The predicted molar refractivity (Wildman–Crippen MR) is 117 cm³/mol. The second kappa shape index (κ2) is 8.37. The first-order valence-electron chi connectivity index (χ1n) is 9.70. The fourth-order valence-electron chi connectivity index (χ4n) is 3.90. The molecule has 0 aliphatic carbocycles. The van der Waals surface area contributed by atoms with Crippen LogP contribution in [-0.2, 0) is 11.2 Å². The highest BCUT2D eigenvalue weighted by molar-refractivity contribution is 5.94. The molecule has 4 rings (SSSR count). The number of benzene rings is 2. The van der Waals surface area contributed by atoms with E-state index in [1.165, 1.54) is 16.5 Å². The highest BCUT2D eigenvalue weighted by Crippen LogP contribution is 2.33. The maximum atomic E-state index is 12.8. The smallest absolute Gasteiger partial charge is 0.224 e. The molecule has 1 aliphatic rings. The third kappa shape index (κ3) is 4.06. The number of aromatic nitrogens is 1. The van der Waals surface area contributed by atoms with Crippen molar-refractivity contribution in [1.29, 1.82) is 0 Å². The molecule has 5 nitrogen and oxygen atoms in total. The van der Waals surface area contributed by atoms with Crippen LogP contribution in [0.2, 0.25) is 0 Å². The third-order valence-electron chi connectivity index (χ3n) is 5.47. The van der Waals surface area contributed by atoms with Gasteiger partial charge in [-0.3, -0.25) is 4.79 Å². The van der Waals surface area contributed by atoms with Crippen LogP contribution in [0.5, 0.6) is 11.5 Å². The number of carbonyl (C=O) groups is 1. The molecule has 1 atom stereocenters. The molecule has 0 bridgehead atoms. The van der Waals surface area contributed by atoms with E-state index in [-0.39, 0.29) is 24.4 Å². The Bertz CT molecular complexity index is 1060. The quantitative estimate of drug-likeness (QED) is 0.650. The number of carbonyl (C=O) groups excluding carboxylic acids is 1. The Morgan fingerprint density at radius 3 is 2.52 bits per heavy atom. The maximum Gasteiger partial charge on any atom is 0.224 e. The first-order chi connectivity index (χ1) is 13.4. The SMILES string of the molecule is Cc1[nH]c2c(C)ccc(C)c2c1CC(=O)NC(C)c1ccc2c(c1)OCCO2.Cl. The van der Waals surface area contributed by atoms with Crippen LogP contribution in [0.1, 0.15) is 40.9 Å². The fraction of sp³-hybridized carbons (Fsp3) is 0.348. The van der Waals surface area contributed by atoms with Gasteiger partial charge in [0, 0.05) is 16.6 Å². The number of ether oxygens (including phenoxy) is 2. The molecule has 1 aliphatic heterocycles. The molecule has 0 radical (unpaired) electrons. The number of hydrogen-bond acceptors (Lipinski definition) is 3. The number of H-pyrrole nitrogens is 1. The van der Waals surface area contributed by atoms with Gasteiger partial charge in [-0.1, -0.05) is 18.2 Å². The van der Waals surface area contributed by atoms with E-state index in [0.29, 0.717) is 19.6 Å². The van der Waals surface area contributed by atoms with Gasteiger partial charge < -0.3 is 19.8 Å². The van der Waals surface area contributed by atoms with Gasteiger partial charge in [-0.15, -0.1) is 12.4 Å². The number of amides is 1. The highest BCUT2D eigenvalue weighted by atomic mass is 35.5. The van der Waals surface area contributed by atoms with Crippen LogP contribution in [0.25, 0.3) is 10.9 Å². The monoisotopic (exact) mass is 414 g/mol. The van der Waals surface area contributed by atoms with E-state index < -0.39 is 0 Å². The Hall–Kier alpha value is -2.66. The zero-order valence-corrected chi connectivity index (χ0v) is 18.0. The van der Waals surface area contributed by atoms with Crippen LogP contribution in [-0.4, -0.2) is 24.1 Å². The van der Waals surface area contributed by atoms with E-state index in [1.54, 1.807) is 0 Å². The normalized spacial score (nSPS) is 13.7. The van der Waals surface area contributed by atoms with Crippen LogP contribution >= 0.6 is 12.4 Å². The van der Waals surface area contributed by atoms with Crippen LogP contribution in [0.4, 0.5) is 0 Å². The summed E-state index contributed by atoms with van der Waals surface area (Å²) in [5, 5.41) is 4.28. The lowest BCUT2D eigenvalue weighted by Gasteiger charge is -2.21. The van der Waals surface area contributed by atoms with Gasteiger partial charge in [0.1, 0.15) is 13.2 Å². The lowest BCUT2D eigenvalue weighted by Crippen LogP contribution is -2.28. The molecule has 1 aromatic heterocycles. The van der Waals surface area contributed by atoms with Gasteiger partial charge in [0.05, 0.1) is 12.5 Å². The first-order valence-corrected chi connectivity index (χ1v) is 9.70. The van der Waals surface area contributed by atoms with Crippen LogP contribution < -0.4 is 14.8 Å². The number of aromatic amines is 1. The molecule has 0 saturated carbocycles. The molecule has 2 N–H and O–H groups in total. The average Bonchev–Trinajstić information content (AvgIpc) is 3.01. The van der Waals surface area contributed by atoms with Crippen molar-refractivity contribution in [2.24, 2.45) is 0 Å². The van der Waals surface area contributed by atoms with Crippen molar-refractivity contribution in [2.75, 3.05) is 13.2 Å². The highest BCUT2D eigenvalue weighted by Gasteiger charge is 2.19. The van der Waals surface area contributed by atoms with E-state index in [2.05, 4.69) is 36.3 Å². The molecule has 6 heteroatoms. The van der Waals surface area contributed by atoms with E-state index in [1.807, 2.05) is 32.0 Å². The van der Waals surface area contributed by atoms with Crippen molar-refractivity contribution in [3.05, 3.63) is 58.3 Å². The molecule has 0 saturated heterocycles. The van der Waals surface area contributed by atoms with E-state index in [9.17, 15) is 4.79 Å². The minimum Gasteiger partial charge on any atom is -0.486 e. The van der Waals surface area contributed by atoms with E-state index in [0.717, 1.165) is 33.8 Å². The number of rotatable bonds is 4. The van der Waals surface area contributed by atoms with E-state index >= 15 is 0 Å². The number of aryl methyl sites for hydroxylation is 3. The van der Waals surface area contributed by atoms with Crippen LogP contribution in [0.15, 0.2) is 30.3 Å². The summed E-state index contributed by atoms with van der Waals surface area (Å²) in [6.45, 7) is 9.32. The molecule has 0 spiro atoms. The van der Waals surface area contributed by atoms with Crippen molar-refractivity contribution < 1.29 is 14.3 Å². The largest absolute Gasteiger partial charge is 0.486 e. The van der Waals surface area contributed by atoms with Gasteiger partial charge in [0.25, 0.3) is 0 Å². The number of nitrogens with one attached hydrogen (secondary N) is 2. The Morgan fingerprint density at radius 2 is 1.76 bits per heavy atom. The topological polar surface area (TPSA) is 63.4 Å². The molecule has 29 heavy (non-hydrogen) atoms. The maximum absolute atomic E-state index is 12.8. The Balaban J connectivity index is 0.00000240. The zero-order valence-electron chi connectivity index (χ0n) is 17.2. The summed E-state index contributed by atoms with van der Waals surface area (Å²) in [5.74, 6) is 1.50. The van der Waals surface area contributed by atoms with Gasteiger partial charge in [-0.2, -0.15) is 0 Å². The Morgan fingerprint density at radius 1 is 1.07 bits per heavy atom. The fourth-order valence-corrected chi connectivity index (χ4v) is 3.90.